The van der Waals surface area contributed by atoms with Crippen molar-refractivity contribution in [1.82, 2.24) is 10.6 Å². The van der Waals surface area contributed by atoms with Crippen LogP contribution in [0.15, 0.2) is 23.2 Å². The van der Waals surface area contributed by atoms with Crippen molar-refractivity contribution in [2.24, 2.45) is 4.99 Å². The van der Waals surface area contributed by atoms with E-state index in [-0.39, 0.29) is 12.3 Å². The van der Waals surface area contributed by atoms with E-state index in [1.807, 2.05) is 6.92 Å². The van der Waals surface area contributed by atoms with Crippen molar-refractivity contribution in [3.8, 4) is 11.5 Å². The van der Waals surface area contributed by atoms with Gasteiger partial charge in [0.1, 0.15) is 11.5 Å². The summed E-state index contributed by atoms with van der Waals surface area (Å²) in [6, 6.07) is 5.29. The van der Waals surface area contributed by atoms with E-state index in [1.165, 1.54) is 13.2 Å². The SMILES string of the molecule is CCNC(=NCc1ccc(OC)cc1OC(F)F)NC1CC1. The number of nitrogens with zero attached hydrogens (tertiary/aromatic N) is 1. The first-order chi connectivity index (χ1) is 10.6. The van der Waals surface area contributed by atoms with Crippen LogP contribution >= 0.6 is 0 Å². The van der Waals surface area contributed by atoms with Crippen molar-refractivity contribution in [2.75, 3.05) is 13.7 Å². The fraction of sp³-hybridized carbons (Fsp3) is 0.533. The number of benzene rings is 1. The number of hydrogen-bond donors (Lipinski definition) is 2. The third-order valence-electron chi connectivity index (χ3n) is 3.16. The Morgan fingerprint density at radius 1 is 1.41 bits per heavy atom. The number of hydrogen-bond acceptors (Lipinski definition) is 3. The molecule has 1 saturated carbocycles. The maximum absolute atomic E-state index is 12.5. The Morgan fingerprint density at radius 3 is 2.77 bits per heavy atom. The summed E-state index contributed by atoms with van der Waals surface area (Å²) in [6.45, 7) is 0.0750. The topological polar surface area (TPSA) is 54.9 Å². The Labute approximate surface area is 128 Å². The van der Waals surface area contributed by atoms with Gasteiger partial charge in [-0.05, 0) is 31.9 Å². The van der Waals surface area contributed by atoms with Crippen molar-refractivity contribution in [1.29, 1.82) is 0 Å². The molecule has 0 atom stereocenters. The van der Waals surface area contributed by atoms with Crippen LogP contribution in [0.4, 0.5) is 8.78 Å². The van der Waals surface area contributed by atoms with Gasteiger partial charge in [-0.15, -0.1) is 0 Å². The number of alkyl halides is 2. The second kappa shape index (κ2) is 7.82. The van der Waals surface area contributed by atoms with Gasteiger partial charge in [-0.3, -0.25) is 0 Å². The standard InChI is InChI=1S/C15H21F2N3O2/c1-3-18-15(20-11-5-6-11)19-9-10-4-7-12(21-2)8-13(10)22-14(16)17/h4,7-8,11,14H,3,5-6,9H2,1-2H3,(H2,18,19,20). The molecule has 1 aliphatic rings. The third-order valence-corrected chi connectivity index (χ3v) is 3.16. The Balaban J connectivity index is 2.11. The van der Waals surface area contributed by atoms with Crippen LogP contribution in [-0.4, -0.2) is 32.3 Å². The number of guanidine groups is 1. The maximum atomic E-state index is 12.5. The minimum absolute atomic E-state index is 0.0837. The second-order valence-electron chi connectivity index (χ2n) is 4.97. The van der Waals surface area contributed by atoms with Gasteiger partial charge in [-0.1, -0.05) is 0 Å². The summed E-state index contributed by atoms with van der Waals surface area (Å²) in [5.74, 6) is 1.23. The minimum Gasteiger partial charge on any atom is -0.497 e. The van der Waals surface area contributed by atoms with Gasteiger partial charge >= 0.3 is 6.61 Å². The smallest absolute Gasteiger partial charge is 0.387 e. The van der Waals surface area contributed by atoms with Crippen molar-refractivity contribution < 1.29 is 18.3 Å². The van der Waals surface area contributed by atoms with E-state index in [2.05, 4.69) is 20.4 Å². The quantitative estimate of drug-likeness (QED) is 0.600. The molecule has 0 unspecified atom stereocenters. The van der Waals surface area contributed by atoms with E-state index in [1.54, 1.807) is 12.1 Å². The number of aliphatic imine (C=N–C) groups is 1. The fourth-order valence-electron chi connectivity index (χ4n) is 1.90. The number of ether oxygens (including phenoxy) is 2. The van der Waals surface area contributed by atoms with Crippen LogP contribution in [0, 0.1) is 0 Å². The fourth-order valence-corrected chi connectivity index (χ4v) is 1.90. The van der Waals surface area contributed by atoms with Crippen LogP contribution in [0.5, 0.6) is 11.5 Å². The first kappa shape index (κ1) is 16.3. The molecule has 1 aliphatic carbocycles. The van der Waals surface area contributed by atoms with E-state index >= 15 is 0 Å². The molecule has 122 valence electrons. The van der Waals surface area contributed by atoms with E-state index in [0.717, 1.165) is 19.4 Å². The Morgan fingerprint density at radius 2 is 2.18 bits per heavy atom. The number of methoxy groups -OCH3 is 1. The maximum Gasteiger partial charge on any atom is 0.387 e. The van der Waals surface area contributed by atoms with Crippen LogP contribution in [0.25, 0.3) is 0 Å². The first-order valence-electron chi connectivity index (χ1n) is 7.29. The molecule has 1 aromatic carbocycles. The summed E-state index contributed by atoms with van der Waals surface area (Å²) in [7, 11) is 1.47. The molecule has 2 N–H and O–H groups in total. The summed E-state index contributed by atoms with van der Waals surface area (Å²) in [5, 5.41) is 6.40. The van der Waals surface area contributed by atoms with E-state index in [0.29, 0.717) is 23.3 Å². The lowest BCUT2D eigenvalue weighted by Gasteiger charge is -2.13. The van der Waals surface area contributed by atoms with Crippen LogP contribution in [0.1, 0.15) is 25.3 Å². The molecule has 0 amide bonds. The summed E-state index contributed by atoms with van der Waals surface area (Å²) in [5.41, 5.74) is 0.578. The molecule has 0 heterocycles. The molecule has 2 rings (SSSR count). The Bertz CT molecular complexity index is 520. The average Bonchev–Trinajstić information content (AvgIpc) is 3.29. The molecule has 1 fully saturated rings. The highest BCUT2D eigenvalue weighted by atomic mass is 19.3. The van der Waals surface area contributed by atoms with Crippen molar-refractivity contribution in [3.05, 3.63) is 23.8 Å². The number of nitrogens with one attached hydrogen (secondary N) is 2. The van der Waals surface area contributed by atoms with E-state index < -0.39 is 6.61 Å². The highest BCUT2D eigenvalue weighted by Crippen LogP contribution is 2.27. The summed E-state index contributed by atoms with van der Waals surface area (Å²) < 4.78 is 34.6. The molecular formula is C15H21F2N3O2. The summed E-state index contributed by atoms with van der Waals surface area (Å²) >= 11 is 0. The Hall–Kier alpha value is -2.05. The molecule has 0 spiro atoms. The van der Waals surface area contributed by atoms with Gasteiger partial charge < -0.3 is 20.1 Å². The van der Waals surface area contributed by atoms with Gasteiger partial charge in [0.05, 0.1) is 13.7 Å². The van der Waals surface area contributed by atoms with Crippen molar-refractivity contribution >= 4 is 5.96 Å². The molecule has 7 heteroatoms. The largest absolute Gasteiger partial charge is 0.497 e. The molecule has 5 nitrogen and oxygen atoms in total. The molecule has 0 aromatic heterocycles. The molecule has 0 bridgehead atoms. The summed E-state index contributed by atoms with van der Waals surface area (Å²) in [6.07, 6.45) is 2.26. The van der Waals surface area contributed by atoms with Gasteiger partial charge in [0.2, 0.25) is 0 Å². The number of rotatable bonds is 7. The van der Waals surface area contributed by atoms with Crippen molar-refractivity contribution in [2.45, 2.75) is 39.0 Å². The van der Waals surface area contributed by atoms with Crippen molar-refractivity contribution in [3.63, 3.8) is 0 Å². The zero-order valence-corrected chi connectivity index (χ0v) is 12.7. The zero-order valence-electron chi connectivity index (χ0n) is 12.7. The lowest BCUT2D eigenvalue weighted by Crippen LogP contribution is -2.38. The van der Waals surface area contributed by atoms with Gasteiger partial charge in [0.25, 0.3) is 0 Å². The van der Waals surface area contributed by atoms with Crippen LogP contribution in [-0.2, 0) is 6.54 Å². The van der Waals surface area contributed by atoms with E-state index in [4.69, 9.17) is 4.74 Å². The first-order valence-corrected chi connectivity index (χ1v) is 7.29. The third kappa shape index (κ3) is 5.05. The van der Waals surface area contributed by atoms with Crippen LogP contribution < -0.4 is 20.1 Å². The summed E-state index contributed by atoms with van der Waals surface area (Å²) in [4.78, 5) is 4.42. The molecule has 0 aliphatic heterocycles. The van der Waals surface area contributed by atoms with Crippen LogP contribution in [0.3, 0.4) is 0 Å². The Kier molecular flexibility index (Phi) is 5.80. The minimum atomic E-state index is -2.88. The molecule has 0 radical (unpaired) electrons. The normalized spacial score (nSPS) is 14.9. The lowest BCUT2D eigenvalue weighted by molar-refractivity contribution is -0.0505. The monoisotopic (exact) mass is 313 g/mol. The average molecular weight is 313 g/mol. The van der Waals surface area contributed by atoms with Gasteiger partial charge in [0, 0.05) is 24.2 Å². The molecule has 22 heavy (non-hydrogen) atoms. The van der Waals surface area contributed by atoms with Gasteiger partial charge in [-0.25, -0.2) is 4.99 Å². The molecule has 1 aromatic rings. The predicted octanol–water partition coefficient (Wildman–Crippen LogP) is 2.51. The van der Waals surface area contributed by atoms with E-state index in [9.17, 15) is 8.78 Å². The molecular weight excluding hydrogens is 292 g/mol. The zero-order chi connectivity index (χ0) is 15.9. The molecule has 0 saturated heterocycles. The highest BCUT2D eigenvalue weighted by molar-refractivity contribution is 5.80. The van der Waals surface area contributed by atoms with Gasteiger partial charge in [-0.2, -0.15) is 8.78 Å². The van der Waals surface area contributed by atoms with Crippen LogP contribution in [0.2, 0.25) is 0 Å². The predicted molar refractivity (Wildman–Crippen MR) is 80.6 cm³/mol. The lowest BCUT2D eigenvalue weighted by atomic mass is 10.2. The van der Waals surface area contributed by atoms with Gasteiger partial charge in [0.15, 0.2) is 5.96 Å². The number of halogens is 2. The second-order valence-corrected chi connectivity index (χ2v) is 4.97. The highest BCUT2D eigenvalue weighted by Gasteiger charge is 2.22.